The molecular formula is C14H19N3O. The third kappa shape index (κ3) is 2.90. The fourth-order valence-corrected chi connectivity index (χ4v) is 1.91. The normalized spacial score (nSPS) is 12.4. The molecule has 4 nitrogen and oxygen atoms in total. The predicted molar refractivity (Wildman–Crippen MR) is 73.3 cm³/mol. The molecule has 4 heteroatoms. The summed E-state index contributed by atoms with van der Waals surface area (Å²) in [4.78, 5) is 4.34. The molecule has 2 rings (SSSR count). The first-order valence-electron chi connectivity index (χ1n) is 6.06. The number of hydrogen-bond acceptors (Lipinski definition) is 3. The maximum absolute atomic E-state index is 5.12. The minimum atomic E-state index is 0.223. The Morgan fingerprint density at radius 1 is 1.44 bits per heavy atom. The van der Waals surface area contributed by atoms with Crippen LogP contribution in [-0.2, 0) is 4.74 Å². The number of ether oxygens (including phenoxy) is 1. The summed E-state index contributed by atoms with van der Waals surface area (Å²) in [5.74, 6) is 0.838. The lowest BCUT2D eigenvalue weighted by atomic mass is 10.2. The van der Waals surface area contributed by atoms with Gasteiger partial charge in [-0.05, 0) is 31.5 Å². The molecular weight excluding hydrogens is 226 g/mol. The topological polar surface area (TPSA) is 39.1 Å². The van der Waals surface area contributed by atoms with Crippen molar-refractivity contribution in [3.8, 4) is 5.69 Å². The van der Waals surface area contributed by atoms with Gasteiger partial charge >= 0.3 is 0 Å². The first-order chi connectivity index (χ1) is 8.70. The van der Waals surface area contributed by atoms with E-state index in [-0.39, 0.29) is 6.04 Å². The fourth-order valence-electron chi connectivity index (χ4n) is 1.91. The van der Waals surface area contributed by atoms with Crippen LogP contribution in [0.5, 0.6) is 0 Å². The van der Waals surface area contributed by atoms with E-state index in [1.54, 1.807) is 13.3 Å². The number of nitrogens with zero attached hydrogens (tertiary/aromatic N) is 2. The number of benzene rings is 1. The van der Waals surface area contributed by atoms with Gasteiger partial charge in [-0.15, -0.1) is 0 Å². The molecule has 1 heterocycles. The van der Waals surface area contributed by atoms with E-state index in [1.165, 1.54) is 5.56 Å². The molecule has 0 spiro atoms. The lowest BCUT2D eigenvalue weighted by Crippen LogP contribution is -2.22. The highest BCUT2D eigenvalue weighted by molar-refractivity contribution is 5.43. The molecule has 0 aliphatic carbocycles. The molecule has 0 bridgehead atoms. The average molecular weight is 245 g/mol. The van der Waals surface area contributed by atoms with Gasteiger partial charge in [-0.2, -0.15) is 0 Å². The van der Waals surface area contributed by atoms with Gasteiger partial charge < -0.3 is 10.1 Å². The van der Waals surface area contributed by atoms with Gasteiger partial charge in [0, 0.05) is 31.2 Å². The second-order valence-corrected chi connectivity index (χ2v) is 4.46. The molecule has 1 unspecified atom stereocenters. The molecule has 0 aliphatic rings. The number of methoxy groups -OCH3 is 1. The van der Waals surface area contributed by atoms with Gasteiger partial charge in [-0.3, -0.25) is 4.57 Å². The average Bonchev–Trinajstić information content (AvgIpc) is 2.77. The van der Waals surface area contributed by atoms with E-state index in [4.69, 9.17) is 4.74 Å². The molecule has 0 aliphatic heterocycles. The highest BCUT2D eigenvalue weighted by Crippen LogP contribution is 2.16. The van der Waals surface area contributed by atoms with Crippen molar-refractivity contribution in [1.82, 2.24) is 9.55 Å². The van der Waals surface area contributed by atoms with Gasteiger partial charge in [0.25, 0.3) is 0 Å². The molecule has 0 fully saturated rings. The smallest absolute Gasteiger partial charge is 0.207 e. The Hall–Kier alpha value is -1.81. The minimum Gasteiger partial charge on any atom is -0.383 e. The van der Waals surface area contributed by atoms with Gasteiger partial charge in [0.2, 0.25) is 5.95 Å². The molecule has 0 radical (unpaired) electrons. The van der Waals surface area contributed by atoms with Crippen molar-refractivity contribution in [2.24, 2.45) is 0 Å². The minimum absolute atomic E-state index is 0.223. The van der Waals surface area contributed by atoms with Crippen LogP contribution in [0.25, 0.3) is 5.69 Å². The third-order valence-electron chi connectivity index (χ3n) is 2.71. The van der Waals surface area contributed by atoms with Crippen LogP contribution in [0.15, 0.2) is 36.7 Å². The molecule has 1 N–H and O–H groups in total. The SMILES string of the molecule is COCC(C)Nc1nccn1-c1cccc(C)c1. The molecule has 0 saturated heterocycles. The van der Waals surface area contributed by atoms with Crippen LogP contribution in [0.1, 0.15) is 12.5 Å². The van der Waals surface area contributed by atoms with Gasteiger partial charge in [0.1, 0.15) is 0 Å². The first kappa shape index (κ1) is 12.6. The van der Waals surface area contributed by atoms with Crippen molar-refractivity contribution < 1.29 is 4.74 Å². The number of rotatable bonds is 5. The molecule has 0 saturated carbocycles. The third-order valence-corrected chi connectivity index (χ3v) is 2.71. The zero-order chi connectivity index (χ0) is 13.0. The van der Waals surface area contributed by atoms with Crippen LogP contribution < -0.4 is 5.32 Å². The lowest BCUT2D eigenvalue weighted by Gasteiger charge is -2.15. The summed E-state index contributed by atoms with van der Waals surface area (Å²) in [6.45, 7) is 4.81. The first-order valence-corrected chi connectivity index (χ1v) is 6.06. The summed E-state index contributed by atoms with van der Waals surface area (Å²) in [6, 6.07) is 8.56. The van der Waals surface area contributed by atoms with Crippen LogP contribution in [0.4, 0.5) is 5.95 Å². The van der Waals surface area contributed by atoms with Gasteiger partial charge in [0.05, 0.1) is 6.61 Å². The van der Waals surface area contributed by atoms with Crippen molar-refractivity contribution in [3.05, 3.63) is 42.2 Å². The van der Waals surface area contributed by atoms with Gasteiger partial charge in [-0.1, -0.05) is 12.1 Å². The van der Waals surface area contributed by atoms with Crippen LogP contribution in [-0.4, -0.2) is 29.3 Å². The number of anilines is 1. The Morgan fingerprint density at radius 2 is 2.28 bits per heavy atom. The molecule has 0 amide bonds. The van der Waals surface area contributed by atoms with E-state index in [0.29, 0.717) is 6.61 Å². The van der Waals surface area contributed by atoms with Gasteiger partial charge in [0.15, 0.2) is 0 Å². The largest absolute Gasteiger partial charge is 0.383 e. The van der Waals surface area contributed by atoms with Crippen molar-refractivity contribution in [3.63, 3.8) is 0 Å². The van der Waals surface area contributed by atoms with E-state index >= 15 is 0 Å². The standard InChI is InChI=1S/C14H19N3O/c1-11-5-4-6-13(9-11)17-8-7-15-14(17)16-12(2)10-18-3/h4-9,12H,10H2,1-3H3,(H,15,16). The number of aromatic nitrogens is 2. The zero-order valence-corrected chi connectivity index (χ0v) is 11.1. The van der Waals surface area contributed by atoms with Crippen molar-refractivity contribution in [1.29, 1.82) is 0 Å². The maximum Gasteiger partial charge on any atom is 0.207 e. The van der Waals surface area contributed by atoms with Crippen molar-refractivity contribution in [2.75, 3.05) is 19.0 Å². The lowest BCUT2D eigenvalue weighted by molar-refractivity contribution is 0.190. The summed E-state index contributed by atoms with van der Waals surface area (Å²) in [6.07, 6.45) is 3.75. The Kier molecular flexibility index (Phi) is 3.99. The van der Waals surface area contributed by atoms with Crippen LogP contribution >= 0.6 is 0 Å². The molecule has 1 aromatic carbocycles. The van der Waals surface area contributed by atoms with E-state index in [1.807, 2.05) is 16.8 Å². The zero-order valence-electron chi connectivity index (χ0n) is 11.1. The quantitative estimate of drug-likeness (QED) is 0.880. The van der Waals surface area contributed by atoms with E-state index in [0.717, 1.165) is 11.6 Å². The number of hydrogen-bond donors (Lipinski definition) is 1. The summed E-state index contributed by atoms with van der Waals surface area (Å²) < 4.78 is 7.16. The van der Waals surface area contributed by atoms with Crippen LogP contribution in [0, 0.1) is 6.92 Å². The van der Waals surface area contributed by atoms with Crippen LogP contribution in [0.2, 0.25) is 0 Å². The molecule has 2 aromatic rings. The number of aryl methyl sites for hydroxylation is 1. The highest BCUT2D eigenvalue weighted by atomic mass is 16.5. The summed E-state index contributed by atoms with van der Waals surface area (Å²) >= 11 is 0. The molecule has 1 atom stereocenters. The fraction of sp³-hybridized carbons (Fsp3) is 0.357. The Labute approximate surface area is 108 Å². The predicted octanol–water partition coefficient (Wildman–Crippen LogP) is 2.63. The van der Waals surface area contributed by atoms with Crippen molar-refractivity contribution >= 4 is 5.95 Å². The van der Waals surface area contributed by atoms with Crippen molar-refractivity contribution in [2.45, 2.75) is 19.9 Å². The molecule has 18 heavy (non-hydrogen) atoms. The summed E-state index contributed by atoms with van der Waals surface area (Å²) in [7, 11) is 1.70. The Bertz CT molecular complexity index is 507. The maximum atomic E-state index is 5.12. The van der Waals surface area contributed by atoms with Crippen LogP contribution in [0.3, 0.4) is 0 Å². The highest BCUT2D eigenvalue weighted by Gasteiger charge is 2.08. The summed E-state index contributed by atoms with van der Waals surface area (Å²) in [5, 5.41) is 3.34. The van der Waals surface area contributed by atoms with E-state index < -0.39 is 0 Å². The second kappa shape index (κ2) is 5.69. The number of imidazole rings is 1. The second-order valence-electron chi connectivity index (χ2n) is 4.46. The molecule has 1 aromatic heterocycles. The van der Waals surface area contributed by atoms with E-state index in [9.17, 15) is 0 Å². The summed E-state index contributed by atoms with van der Waals surface area (Å²) in [5.41, 5.74) is 2.34. The number of nitrogens with one attached hydrogen (secondary N) is 1. The Morgan fingerprint density at radius 3 is 3.00 bits per heavy atom. The van der Waals surface area contributed by atoms with E-state index in [2.05, 4.69) is 42.3 Å². The monoisotopic (exact) mass is 245 g/mol. The Balaban J connectivity index is 2.22. The molecule has 96 valence electrons. The van der Waals surface area contributed by atoms with Gasteiger partial charge in [-0.25, -0.2) is 4.98 Å².